The van der Waals surface area contributed by atoms with Crippen LogP contribution in [0, 0.1) is 13.8 Å². The fourth-order valence-electron chi connectivity index (χ4n) is 2.73. The Morgan fingerprint density at radius 3 is 2.48 bits per heavy atom. The number of aryl methyl sites for hydroxylation is 2. The van der Waals surface area contributed by atoms with Crippen LogP contribution in [-0.2, 0) is 0 Å². The average molecular weight is 332 g/mol. The Hall–Kier alpha value is -3.14. The fraction of sp³-hybridized carbons (Fsp3) is 0.143. The average Bonchev–Trinajstić information content (AvgIpc) is 2.61. The minimum absolute atomic E-state index is 0.118. The molecule has 4 nitrogen and oxygen atoms in total. The van der Waals surface area contributed by atoms with Crippen LogP contribution in [-0.4, -0.2) is 16.7 Å². The Morgan fingerprint density at radius 2 is 1.80 bits per heavy atom. The van der Waals surface area contributed by atoms with Gasteiger partial charge in [-0.3, -0.25) is 9.36 Å². The number of hydrogen-bond acceptors (Lipinski definition) is 3. The van der Waals surface area contributed by atoms with Gasteiger partial charge in [0.2, 0.25) is 0 Å². The van der Waals surface area contributed by atoms with E-state index in [9.17, 15) is 4.79 Å². The standard InChI is InChI=1S/C21H20N2O2/c1-15-4-6-17(7-5-15)8-9-18-13-19(12-16(2)21(18)25-3)23-14-22-11-10-20(23)24/h4-14H,1-3H3. The van der Waals surface area contributed by atoms with Gasteiger partial charge < -0.3 is 4.74 Å². The Morgan fingerprint density at radius 1 is 1.04 bits per heavy atom. The van der Waals surface area contributed by atoms with E-state index in [1.54, 1.807) is 7.11 Å². The third kappa shape index (κ3) is 3.69. The van der Waals surface area contributed by atoms with E-state index in [-0.39, 0.29) is 5.56 Å². The number of nitrogens with zero attached hydrogens (tertiary/aromatic N) is 2. The maximum atomic E-state index is 12.1. The molecule has 0 spiro atoms. The summed E-state index contributed by atoms with van der Waals surface area (Å²) >= 11 is 0. The predicted octanol–water partition coefficient (Wildman–Crippen LogP) is 4.03. The van der Waals surface area contributed by atoms with E-state index in [4.69, 9.17) is 4.74 Å². The van der Waals surface area contributed by atoms with Gasteiger partial charge in [-0.1, -0.05) is 42.0 Å². The van der Waals surface area contributed by atoms with Crippen molar-refractivity contribution in [2.45, 2.75) is 13.8 Å². The molecular formula is C21H20N2O2. The second kappa shape index (κ2) is 7.18. The van der Waals surface area contributed by atoms with Crippen LogP contribution in [0.15, 0.2) is 59.8 Å². The van der Waals surface area contributed by atoms with Crippen LogP contribution in [0.1, 0.15) is 22.3 Å². The molecule has 0 N–H and O–H groups in total. The van der Waals surface area contributed by atoms with E-state index in [1.165, 1.54) is 28.7 Å². The number of methoxy groups -OCH3 is 1. The maximum Gasteiger partial charge on any atom is 0.257 e. The largest absolute Gasteiger partial charge is 0.496 e. The summed E-state index contributed by atoms with van der Waals surface area (Å²) in [5, 5.41) is 0. The first-order chi connectivity index (χ1) is 12.1. The molecule has 0 fully saturated rings. The highest BCUT2D eigenvalue weighted by atomic mass is 16.5. The smallest absolute Gasteiger partial charge is 0.257 e. The van der Waals surface area contributed by atoms with Crippen molar-refractivity contribution in [1.82, 2.24) is 9.55 Å². The van der Waals surface area contributed by atoms with Crippen LogP contribution in [0.25, 0.3) is 17.8 Å². The van der Waals surface area contributed by atoms with Crippen molar-refractivity contribution in [2.75, 3.05) is 7.11 Å². The molecular weight excluding hydrogens is 312 g/mol. The van der Waals surface area contributed by atoms with Crippen molar-refractivity contribution >= 4 is 12.2 Å². The highest BCUT2D eigenvalue weighted by molar-refractivity contribution is 5.74. The molecule has 1 aromatic heterocycles. The highest BCUT2D eigenvalue weighted by Crippen LogP contribution is 2.28. The zero-order valence-corrected chi connectivity index (χ0v) is 14.6. The fourth-order valence-corrected chi connectivity index (χ4v) is 2.73. The summed E-state index contributed by atoms with van der Waals surface area (Å²) < 4.78 is 7.07. The van der Waals surface area contributed by atoms with Gasteiger partial charge in [0, 0.05) is 17.8 Å². The molecule has 0 atom stereocenters. The van der Waals surface area contributed by atoms with Crippen LogP contribution in [0.3, 0.4) is 0 Å². The van der Waals surface area contributed by atoms with Crippen LogP contribution in [0.2, 0.25) is 0 Å². The third-order valence-corrected chi connectivity index (χ3v) is 4.03. The lowest BCUT2D eigenvalue weighted by Crippen LogP contribution is -2.17. The number of hydrogen-bond donors (Lipinski definition) is 0. The lowest BCUT2D eigenvalue weighted by molar-refractivity contribution is 0.410. The SMILES string of the molecule is COc1c(C)cc(-n2cnccc2=O)cc1C=Cc1ccc(C)cc1. The molecule has 3 rings (SSSR count). The second-order valence-electron chi connectivity index (χ2n) is 5.92. The van der Waals surface area contributed by atoms with Gasteiger partial charge in [0.25, 0.3) is 5.56 Å². The van der Waals surface area contributed by atoms with Crippen molar-refractivity contribution in [1.29, 1.82) is 0 Å². The van der Waals surface area contributed by atoms with Gasteiger partial charge in [-0.15, -0.1) is 0 Å². The summed E-state index contributed by atoms with van der Waals surface area (Å²) in [6.07, 6.45) is 7.05. The number of aromatic nitrogens is 2. The van der Waals surface area contributed by atoms with E-state index in [0.717, 1.165) is 28.1 Å². The van der Waals surface area contributed by atoms with E-state index in [0.29, 0.717) is 0 Å². The molecule has 0 saturated carbocycles. The zero-order chi connectivity index (χ0) is 17.8. The van der Waals surface area contributed by atoms with Gasteiger partial charge in [0.15, 0.2) is 0 Å². The summed E-state index contributed by atoms with van der Waals surface area (Å²) in [6.45, 7) is 4.03. The second-order valence-corrected chi connectivity index (χ2v) is 5.92. The molecule has 0 unspecified atom stereocenters. The summed E-state index contributed by atoms with van der Waals surface area (Å²) in [6, 6.07) is 13.6. The summed E-state index contributed by atoms with van der Waals surface area (Å²) in [4.78, 5) is 16.1. The van der Waals surface area contributed by atoms with Crippen LogP contribution in [0.4, 0.5) is 0 Å². The topological polar surface area (TPSA) is 44.1 Å². The van der Waals surface area contributed by atoms with Gasteiger partial charge in [-0.25, -0.2) is 4.98 Å². The van der Waals surface area contributed by atoms with Crippen molar-refractivity contribution in [3.63, 3.8) is 0 Å². The maximum absolute atomic E-state index is 12.1. The van der Waals surface area contributed by atoms with Crippen molar-refractivity contribution in [3.05, 3.63) is 87.6 Å². The highest BCUT2D eigenvalue weighted by Gasteiger charge is 2.09. The molecule has 0 aliphatic carbocycles. The molecule has 2 aromatic carbocycles. The molecule has 3 aromatic rings. The Balaban J connectivity index is 2.07. The van der Waals surface area contributed by atoms with Crippen molar-refractivity contribution in [2.24, 2.45) is 0 Å². The molecule has 0 aliphatic heterocycles. The molecule has 0 saturated heterocycles. The van der Waals surface area contributed by atoms with Crippen LogP contribution < -0.4 is 10.3 Å². The monoisotopic (exact) mass is 332 g/mol. The molecule has 0 amide bonds. The van der Waals surface area contributed by atoms with E-state index in [1.807, 2.05) is 31.2 Å². The Labute approximate surface area is 147 Å². The predicted molar refractivity (Wildman–Crippen MR) is 101 cm³/mol. The minimum Gasteiger partial charge on any atom is -0.496 e. The quantitative estimate of drug-likeness (QED) is 0.678. The number of ether oxygens (including phenoxy) is 1. The van der Waals surface area contributed by atoms with Gasteiger partial charge in [-0.2, -0.15) is 0 Å². The van der Waals surface area contributed by atoms with Gasteiger partial charge in [0.05, 0.1) is 12.8 Å². The normalized spacial score (nSPS) is 11.0. The van der Waals surface area contributed by atoms with Crippen molar-refractivity contribution < 1.29 is 4.74 Å². The molecule has 0 aliphatic rings. The van der Waals surface area contributed by atoms with E-state index >= 15 is 0 Å². The molecule has 4 heteroatoms. The minimum atomic E-state index is -0.118. The van der Waals surface area contributed by atoms with E-state index in [2.05, 4.69) is 36.2 Å². The first-order valence-corrected chi connectivity index (χ1v) is 8.05. The van der Waals surface area contributed by atoms with Gasteiger partial charge >= 0.3 is 0 Å². The summed E-state index contributed by atoms with van der Waals surface area (Å²) in [7, 11) is 1.65. The van der Waals surface area contributed by atoms with Crippen molar-refractivity contribution in [3.8, 4) is 11.4 Å². The van der Waals surface area contributed by atoms with Crippen LogP contribution >= 0.6 is 0 Å². The first kappa shape index (κ1) is 16.7. The number of rotatable bonds is 4. The number of benzene rings is 2. The summed E-state index contributed by atoms with van der Waals surface area (Å²) in [5.41, 5.74) is 4.85. The first-order valence-electron chi connectivity index (χ1n) is 8.05. The Bertz CT molecular complexity index is 970. The zero-order valence-electron chi connectivity index (χ0n) is 14.6. The van der Waals surface area contributed by atoms with Gasteiger partial charge in [0.1, 0.15) is 12.1 Å². The molecule has 25 heavy (non-hydrogen) atoms. The molecule has 126 valence electrons. The molecule has 1 heterocycles. The molecule has 0 bridgehead atoms. The lowest BCUT2D eigenvalue weighted by atomic mass is 10.1. The molecule has 0 radical (unpaired) electrons. The van der Waals surface area contributed by atoms with E-state index < -0.39 is 0 Å². The lowest BCUT2D eigenvalue weighted by Gasteiger charge is -2.13. The van der Waals surface area contributed by atoms with Gasteiger partial charge in [-0.05, 0) is 37.1 Å². The Kier molecular flexibility index (Phi) is 4.80. The third-order valence-electron chi connectivity index (χ3n) is 4.03. The van der Waals surface area contributed by atoms with Crippen LogP contribution in [0.5, 0.6) is 5.75 Å². The summed E-state index contributed by atoms with van der Waals surface area (Å²) in [5.74, 6) is 0.795.